The smallest absolute Gasteiger partial charge is 0.266 e. The molecule has 1 fully saturated rings. The second-order valence-electron chi connectivity index (χ2n) is 8.06. The molecule has 3 N–H and O–H groups in total. The minimum Gasteiger partial charge on any atom is -0.326 e. The van der Waals surface area contributed by atoms with E-state index in [1.165, 1.54) is 18.2 Å². The number of rotatable bonds is 7. The summed E-state index contributed by atoms with van der Waals surface area (Å²) >= 11 is 31.0. The number of carbonyl (C=O) groups is 2. The normalized spacial score (nSPS) is 18.0. The van der Waals surface area contributed by atoms with Gasteiger partial charge in [0.25, 0.3) is 5.91 Å². The maximum absolute atomic E-state index is 13.7. The van der Waals surface area contributed by atoms with Crippen molar-refractivity contribution < 1.29 is 18.4 Å². The van der Waals surface area contributed by atoms with Crippen molar-refractivity contribution in [2.24, 2.45) is 5.92 Å². The van der Waals surface area contributed by atoms with Gasteiger partial charge in [-0.15, -0.1) is 23.2 Å². The van der Waals surface area contributed by atoms with Gasteiger partial charge in [0.05, 0.1) is 16.5 Å². The van der Waals surface area contributed by atoms with Gasteiger partial charge in [-0.25, -0.2) is 14.2 Å². The van der Waals surface area contributed by atoms with Crippen LogP contribution in [0.15, 0.2) is 54.6 Å². The monoisotopic (exact) mass is 591 g/mol. The first-order valence-corrected chi connectivity index (χ1v) is 12.3. The number of alkyl halides is 2. The largest absolute Gasteiger partial charge is 0.326 e. The van der Waals surface area contributed by atoms with E-state index in [0.717, 1.165) is 18.2 Å². The molecule has 188 valence electrons. The number of hydrazine groups is 1. The predicted octanol–water partition coefficient (Wildman–Crippen LogP) is 6.89. The van der Waals surface area contributed by atoms with Crippen LogP contribution in [0.5, 0.6) is 0 Å². The van der Waals surface area contributed by atoms with Gasteiger partial charge in [-0.2, -0.15) is 0 Å². The van der Waals surface area contributed by atoms with Gasteiger partial charge in [-0.05, 0) is 60.2 Å². The fourth-order valence-corrected chi connectivity index (χ4v) is 5.36. The first kappa shape index (κ1) is 26.9. The van der Waals surface area contributed by atoms with Crippen LogP contribution in [-0.2, 0) is 11.3 Å². The second kappa shape index (κ2) is 10.7. The van der Waals surface area contributed by atoms with Gasteiger partial charge in [-0.1, -0.05) is 34.8 Å². The van der Waals surface area contributed by atoms with E-state index >= 15 is 0 Å². The highest BCUT2D eigenvalue weighted by molar-refractivity contribution is 6.53. The van der Waals surface area contributed by atoms with Crippen LogP contribution in [0.1, 0.15) is 27.4 Å². The van der Waals surface area contributed by atoms with Gasteiger partial charge in [0.2, 0.25) is 5.91 Å². The molecule has 5 nitrogen and oxygen atoms in total. The molecule has 2 atom stereocenters. The zero-order valence-electron chi connectivity index (χ0n) is 18.0. The molecule has 3 aromatic carbocycles. The Kier molecular flexibility index (Phi) is 8.00. The molecule has 12 heteroatoms. The van der Waals surface area contributed by atoms with Crippen LogP contribution in [0.3, 0.4) is 0 Å². The molecule has 1 saturated carbocycles. The van der Waals surface area contributed by atoms with Crippen molar-refractivity contribution in [1.82, 2.24) is 10.9 Å². The standard InChI is InChI=1S/C24H16Cl5F2N3O2/c25-13-5-11(6-14(26)8-13)20-21(24(20,28)29)23(36)33-16-2-3-18(27)17(9-16)22(35)34-32-10-12-7-15(30)1-4-19(12)31/h1-9,20-21,32H,10H2,(H,33,36)(H,34,35). The number of carbonyl (C=O) groups excluding carboxylic acids is 2. The van der Waals surface area contributed by atoms with Crippen LogP contribution in [0.4, 0.5) is 14.5 Å². The number of hydrogen-bond donors (Lipinski definition) is 3. The Bertz CT molecular complexity index is 1340. The summed E-state index contributed by atoms with van der Waals surface area (Å²) in [4.78, 5) is 25.5. The molecular weight excluding hydrogens is 578 g/mol. The maximum atomic E-state index is 13.7. The second-order valence-corrected chi connectivity index (χ2v) is 10.8. The SMILES string of the molecule is O=C(NNCc1cc(F)ccc1F)c1cc(NC(=O)C2C(c3cc(Cl)cc(Cl)c3)C2(Cl)Cl)ccc1Cl. The fourth-order valence-electron chi connectivity index (χ4n) is 3.79. The summed E-state index contributed by atoms with van der Waals surface area (Å²) in [5, 5.41) is 3.55. The van der Waals surface area contributed by atoms with E-state index in [-0.39, 0.29) is 28.4 Å². The lowest BCUT2D eigenvalue weighted by atomic mass is 10.1. The molecule has 0 radical (unpaired) electrons. The minimum atomic E-state index is -1.37. The number of halogens is 7. The number of anilines is 1. The van der Waals surface area contributed by atoms with Crippen LogP contribution < -0.4 is 16.2 Å². The molecule has 2 unspecified atom stereocenters. The van der Waals surface area contributed by atoms with E-state index in [1.807, 2.05) is 0 Å². The third-order valence-electron chi connectivity index (χ3n) is 5.55. The molecule has 0 saturated heterocycles. The van der Waals surface area contributed by atoms with E-state index in [4.69, 9.17) is 58.0 Å². The Hall–Kier alpha value is -2.13. The van der Waals surface area contributed by atoms with Gasteiger partial charge in [0, 0.05) is 33.8 Å². The summed E-state index contributed by atoms with van der Waals surface area (Å²) in [7, 11) is 0. The number of hydrogen-bond acceptors (Lipinski definition) is 3. The average Bonchev–Trinajstić information content (AvgIpc) is 3.38. The number of nitrogens with one attached hydrogen (secondary N) is 3. The quantitative estimate of drug-likeness (QED) is 0.207. The van der Waals surface area contributed by atoms with Gasteiger partial charge >= 0.3 is 0 Å². The van der Waals surface area contributed by atoms with Crippen molar-refractivity contribution in [3.63, 3.8) is 0 Å². The summed E-state index contributed by atoms with van der Waals surface area (Å²) in [6, 6.07) is 12.1. The van der Waals surface area contributed by atoms with Crippen molar-refractivity contribution in [2.75, 3.05) is 5.32 Å². The molecule has 0 heterocycles. The lowest BCUT2D eigenvalue weighted by Crippen LogP contribution is -2.37. The van der Waals surface area contributed by atoms with E-state index in [2.05, 4.69) is 16.2 Å². The van der Waals surface area contributed by atoms with E-state index in [9.17, 15) is 18.4 Å². The lowest BCUT2D eigenvalue weighted by molar-refractivity contribution is -0.117. The van der Waals surface area contributed by atoms with E-state index in [0.29, 0.717) is 15.6 Å². The minimum absolute atomic E-state index is 0.0213. The van der Waals surface area contributed by atoms with Crippen LogP contribution >= 0.6 is 58.0 Å². The van der Waals surface area contributed by atoms with E-state index in [1.54, 1.807) is 18.2 Å². The van der Waals surface area contributed by atoms with Crippen molar-refractivity contribution in [3.05, 3.63) is 98.0 Å². The highest BCUT2D eigenvalue weighted by Crippen LogP contribution is 2.65. The molecule has 36 heavy (non-hydrogen) atoms. The number of amides is 2. The summed E-state index contributed by atoms with van der Waals surface area (Å²) in [5.74, 6) is -3.72. The third-order valence-corrected chi connectivity index (χ3v) is 7.25. The molecule has 2 amide bonds. The first-order chi connectivity index (χ1) is 17.0. The Morgan fingerprint density at radius 1 is 0.917 bits per heavy atom. The molecule has 0 aromatic heterocycles. The van der Waals surface area contributed by atoms with Crippen molar-refractivity contribution in [1.29, 1.82) is 0 Å². The Balaban J connectivity index is 1.42. The molecule has 0 spiro atoms. The maximum Gasteiger partial charge on any atom is 0.266 e. The summed E-state index contributed by atoms with van der Waals surface area (Å²) in [5.41, 5.74) is 5.82. The van der Waals surface area contributed by atoms with Crippen molar-refractivity contribution in [3.8, 4) is 0 Å². The summed E-state index contributed by atoms with van der Waals surface area (Å²) in [6.07, 6.45) is 0. The molecule has 4 rings (SSSR count). The molecule has 1 aliphatic rings. The Morgan fingerprint density at radius 3 is 2.31 bits per heavy atom. The zero-order valence-corrected chi connectivity index (χ0v) is 21.8. The van der Waals surface area contributed by atoms with Gasteiger partial charge in [-0.3, -0.25) is 15.0 Å². The van der Waals surface area contributed by atoms with Crippen LogP contribution in [0.25, 0.3) is 0 Å². The average molecular weight is 594 g/mol. The third kappa shape index (κ3) is 5.88. The Labute approximate surface area is 230 Å². The predicted molar refractivity (Wildman–Crippen MR) is 138 cm³/mol. The van der Waals surface area contributed by atoms with Crippen molar-refractivity contribution in [2.45, 2.75) is 16.8 Å². The van der Waals surface area contributed by atoms with Crippen LogP contribution in [0, 0.1) is 17.6 Å². The highest BCUT2D eigenvalue weighted by atomic mass is 35.5. The Morgan fingerprint density at radius 2 is 1.61 bits per heavy atom. The topological polar surface area (TPSA) is 70.2 Å². The van der Waals surface area contributed by atoms with Gasteiger partial charge in [0.15, 0.2) is 0 Å². The van der Waals surface area contributed by atoms with Crippen molar-refractivity contribution >= 4 is 75.5 Å². The number of benzene rings is 3. The molecule has 0 bridgehead atoms. The fraction of sp³-hybridized carbons (Fsp3) is 0.167. The lowest BCUT2D eigenvalue weighted by Gasteiger charge is -2.11. The molecule has 1 aliphatic carbocycles. The zero-order chi connectivity index (χ0) is 26.2. The first-order valence-electron chi connectivity index (χ1n) is 10.4. The molecule has 0 aliphatic heterocycles. The van der Waals surface area contributed by atoms with E-state index < -0.39 is 39.6 Å². The highest BCUT2D eigenvalue weighted by Gasteiger charge is 2.67. The van der Waals surface area contributed by atoms with Crippen LogP contribution in [0.2, 0.25) is 15.1 Å². The summed E-state index contributed by atoms with van der Waals surface area (Å²) in [6.45, 7) is -0.173. The van der Waals surface area contributed by atoms with Gasteiger partial charge in [0.1, 0.15) is 16.0 Å². The summed E-state index contributed by atoms with van der Waals surface area (Å²) < 4.78 is 25.7. The molecule has 3 aromatic rings. The molecular formula is C24H16Cl5F2N3O2. The van der Waals surface area contributed by atoms with Gasteiger partial charge < -0.3 is 5.32 Å². The van der Waals surface area contributed by atoms with Crippen LogP contribution in [-0.4, -0.2) is 16.1 Å².